The maximum absolute atomic E-state index is 10.3. The average molecular weight is 297 g/mol. The molecule has 1 saturated heterocycles. The lowest BCUT2D eigenvalue weighted by Gasteiger charge is -2.44. The van der Waals surface area contributed by atoms with Crippen LogP contribution in [0.3, 0.4) is 0 Å². The fourth-order valence-corrected chi connectivity index (χ4v) is 1.98. The summed E-state index contributed by atoms with van der Waals surface area (Å²) in [6.07, 6.45) is -4.43. The van der Waals surface area contributed by atoms with E-state index in [9.17, 15) is 29.7 Å². The van der Waals surface area contributed by atoms with Crippen molar-refractivity contribution in [2.24, 2.45) is 5.11 Å². The second-order valence-corrected chi connectivity index (χ2v) is 5.12. The van der Waals surface area contributed by atoms with Gasteiger partial charge >= 0.3 is 0 Å². The Labute approximate surface area is 107 Å². The first-order chi connectivity index (χ1) is 8.68. The highest BCUT2D eigenvalue weighted by Crippen LogP contribution is 2.33. The summed E-state index contributed by atoms with van der Waals surface area (Å²) in [5.41, 5.74) is 8.14. The van der Waals surface area contributed by atoms with Gasteiger partial charge in [0.25, 0.3) is 0 Å². The molecule has 1 aliphatic rings. The van der Waals surface area contributed by atoms with Crippen molar-refractivity contribution in [1.29, 1.82) is 0 Å². The number of phosphoric acid groups is 1. The van der Waals surface area contributed by atoms with Crippen LogP contribution in [0.25, 0.3) is 10.4 Å². The molecule has 0 bridgehead atoms. The quantitative estimate of drug-likeness (QED) is 0.212. The molecular formula is C7H12N3O8P-2. The largest absolute Gasteiger partial charge is 0.790 e. The van der Waals surface area contributed by atoms with Crippen LogP contribution in [0, 0.1) is 0 Å². The van der Waals surface area contributed by atoms with Crippen LogP contribution in [-0.4, -0.2) is 52.6 Å². The first kappa shape index (κ1) is 16.3. The molecule has 12 heteroatoms. The Morgan fingerprint density at radius 1 is 1.58 bits per heavy atom. The average Bonchev–Trinajstić information content (AvgIpc) is 2.30. The van der Waals surface area contributed by atoms with Gasteiger partial charge in [-0.15, -0.1) is 0 Å². The zero-order valence-electron chi connectivity index (χ0n) is 9.53. The van der Waals surface area contributed by atoms with Gasteiger partial charge in [-0.2, -0.15) is 0 Å². The van der Waals surface area contributed by atoms with Gasteiger partial charge in [0.2, 0.25) is 5.79 Å². The summed E-state index contributed by atoms with van der Waals surface area (Å²) >= 11 is 0. The Balaban J connectivity index is 2.76. The Kier molecular flexibility index (Phi) is 5.27. The Bertz CT molecular complexity index is 409. The molecule has 0 aromatic carbocycles. The summed E-state index contributed by atoms with van der Waals surface area (Å²) in [6, 6.07) is 0. The van der Waals surface area contributed by atoms with E-state index in [2.05, 4.69) is 14.5 Å². The van der Waals surface area contributed by atoms with Crippen LogP contribution in [0.15, 0.2) is 5.11 Å². The smallest absolute Gasteiger partial charge is 0.219 e. The molecule has 0 amide bonds. The van der Waals surface area contributed by atoms with Gasteiger partial charge in [0.1, 0.15) is 12.7 Å². The van der Waals surface area contributed by atoms with E-state index in [4.69, 9.17) is 10.3 Å². The van der Waals surface area contributed by atoms with Crippen molar-refractivity contribution in [3.05, 3.63) is 10.4 Å². The Hall–Kier alpha value is -0.740. The summed E-state index contributed by atoms with van der Waals surface area (Å²) in [5, 5.41) is 32.1. The number of phosphoric ester groups is 1. The molecule has 4 atom stereocenters. The summed E-state index contributed by atoms with van der Waals surface area (Å²) < 4.78 is 19.1. The highest BCUT2D eigenvalue weighted by Gasteiger charge is 2.48. The van der Waals surface area contributed by atoms with Crippen LogP contribution in [-0.2, 0) is 13.8 Å². The zero-order valence-corrected chi connectivity index (χ0v) is 10.4. The number of hydrogen-bond donors (Lipinski definition) is 3. The predicted octanol–water partition coefficient (Wildman–Crippen LogP) is -2.66. The minimum Gasteiger partial charge on any atom is -0.790 e. The highest BCUT2D eigenvalue weighted by molar-refractivity contribution is 7.43. The maximum atomic E-state index is 10.3. The van der Waals surface area contributed by atoms with E-state index in [1.54, 1.807) is 0 Å². The Morgan fingerprint density at radius 2 is 2.21 bits per heavy atom. The minimum absolute atomic E-state index is 0.144. The van der Waals surface area contributed by atoms with Crippen molar-refractivity contribution in [1.82, 2.24) is 0 Å². The van der Waals surface area contributed by atoms with E-state index >= 15 is 0 Å². The number of azide groups is 1. The van der Waals surface area contributed by atoms with Crippen molar-refractivity contribution in [2.75, 3.05) is 13.2 Å². The third-order valence-corrected chi connectivity index (χ3v) is 2.93. The number of rotatable bonds is 5. The van der Waals surface area contributed by atoms with Gasteiger partial charge in [-0.3, -0.25) is 0 Å². The maximum Gasteiger partial charge on any atom is 0.219 e. The fraction of sp³-hybridized carbons (Fsp3) is 1.00. The molecule has 19 heavy (non-hydrogen) atoms. The summed E-state index contributed by atoms with van der Waals surface area (Å²) in [7, 11) is -5.38. The van der Waals surface area contributed by atoms with Gasteiger partial charge in [0.05, 0.1) is 26.6 Å². The van der Waals surface area contributed by atoms with Crippen LogP contribution in [0.2, 0.25) is 0 Å². The molecule has 3 unspecified atom stereocenters. The first-order valence-electron chi connectivity index (χ1n) is 5.12. The minimum atomic E-state index is -5.38. The SMILES string of the molecule is [N-]=[N+]=NCC1CC(O)C(O)[C@@](O)(COP(=O)([O-])[O-])O1. The topological polar surface area (TPSA) is 191 Å². The lowest BCUT2D eigenvalue weighted by Crippen LogP contribution is -2.60. The molecule has 0 aliphatic carbocycles. The molecule has 3 N–H and O–H groups in total. The lowest BCUT2D eigenvalue weighted by atomic mass is 9.95. The first-order valence-corrected chi connectivity index (χ1v) is 6.58. The summed E-state index contributed by atoms with van der Waals surface area (Å²) in [5.74, 6) is -2.59. The third kappa shape index (κ3) is 4.69. The van der Waals surface area contributed by atoms with Gasteiger partial charge in [-0.05, 0) is 5.53 Å². The molecule has 1 aliphatic heterocycles. The van der Waals surface area contributed by atoms with E-state index in [1.807, 2.05) is 0 Å². The van der Waals surface area contributed by atoms with Crippen LogP contribution in [0.4, 0.5) is 0 Å². The van der Waals surface area contributed by atoms with Crippen LogP contribution < -0.4 is 9.79 Å². The van der Waals surface area contributed by atoms with E-state index in [0.29, 0.717) is 0 Å². The molecule has 0 aromatic rings. The molecular weight excluding hydrogens is 285 g/mol. The van der Waals surface area contributed by atoms with Gasteiger partial charge in [0, 0.05) is 11.3 Å². The van der Waals surface area contributed by atoms with E-state index in [-0.39, 0.29) is 13.0 Å². The van der Waals surface area contributed by atoms with Crippen molar-refractivity contribution in [2.45, 2.75) is 30.5 Å². The van der Waals surface area contributed by atoms with Gasteiger partial charge in [0.15, 0.2) is 0 Å². The number of aliphatic hydroxyl groups is 3. The van der Waals surface area contributed by atoms with E-state index in [1.165, 1.54) is 0 Å². The number of aliphatic hydroxyl groups excluding tert-OH is 2. The second-order valence-electron chi connectivity index (χ2n) is 3.97. The van der Waals surface area contributed by atoms with Crippen molar-refractivity contribution >= 4 is 7.82 Å². The molecule has 11 nitrogen and oxygen atoms in total. The normalized spacial score (nSPS) is 35.7. The summed E-state index contributed by atoms with van der Waals surface area (Å²) in [4.78, 5) is 23.1. The second kappa shape index (κ2) is 6.14. The number of hydrogen-bond acceptors (Lipinski definition) is 9. The van der Waals surface area contributed by atoms with Crippen LogP contribution in [0.1, 0.15) is 6.42 Å². The molecule has 1 rings (SSSR count). The number of nitrogens with zero attached hydrogens (tertiary/aromatic N) is 3. The monoisotopic (exact) mass is 297 g/mol. The van der Waals surface area contributed by atoms with Gasteiger partial charge < -0.3 is 38.9 Å². The van der Waals surface area contributed by atoms with Crippen LogP contribution in [0.5, 0.6) is 0 Å². The lowest BCUT2D eigenvalue weighted by molar-refractivity contribution is -0.364. The standard InChI is InChI=1S/C7H14N3O8P/c8-10-9-2-4-1-5(11)6(12)7(13,18-4)3-17-19(14,15)16/h4-6,11-13H,1-3H2,(H2,14,15,16)/p-2/t4?,5?,6?,7-/m1/s1. The fourth-order valence-electron chi connectivity index (χ4n) is 1.64. The molecule has 110 valence electrons. The molecule has 0 aromatic heterocycles. The van der Waals surface area contributed by atoms with E-state index in [0.717, 1.165) is 0 Å². The van der Waals surface area contributed by atoms with Crippen molar-refractivity contribution in [3.63, 3.8) is 0 Å². The number of ether oxygens (including phenoxy) is 1. The van der Waals surface area contributed by atoms with Gasteiger partial charge in [-0.1, -0.05) is 5.11 Å². The molecule has 0 saturated carbocycles. The van der Waals surface area contributed by atoms with Gasteiger partial charge in [-0.25, -0.2) is 0 Å². The highest BCUT2D eigenvalue weighted by atomic mass is 31.2. The third-order valence-electron chi connectivity index (χ3n) is 2.48. The van der Waals surface area contributed by atoms with Crippen LogP contribution >= 0.6 is 7.82 Å². The zero-order chi connectivity index (χ0) is 14.7. The molecule has 1 heterocycles. The predicted molar refractivity (Wildman–Crippen MR) is 54.0 cm³/mol. The van der Waals surface area contributed by atoms with Crippen molar-refractivity contribution < 1.29 is 38.9 Å². The molecule has 0 radical (unpaired) electrons. The Morgan fingerprint density at radius 3 is 2.74 bits per heavy atom. The van der Waals surface area contributed by atoms with Crippen molar-refractivity contribution in [3.8, 4) is 0 Å². The molecule has 0 spiro atoms. The summed E-state index contributed by atoms with van der Waals surface area (Å²) in [6.45, 7) is -1.43. The molecule has 1 fully saturated rings. The van der Waals surface area contributed by atoms with E-state index < -0.39 is 38.5 Å².